The molecule has 0 spiro atoms. The van der Waals surface area contributed by atoms with E-state index in [0.29, 0.717) is 23.4 Å². The van der Waals surface area contributed by atoms with E-state index in [2.05, 4.69) is 31.1 Å². The number of aromatic nitrogens is 4. The highest BCUT2D eigenvalue weighted by molar-refractivity contribution is 5.93. The molecule has 2 aliphatic heterocycles. The molecule has 9 heteroatoms. The maximum absolute atomic E-state index is 13.6. The summed E-state index contributed by atoms with van der Waals surface area (Å²) >= 11 is 0. The molecule has 1 atom stereocenters. The highest BCUT2D eigenvalue weighted by Gasteiger charge is 2.30. The molecule has 0 bridgehead atoms. The topological polar surface area (TPSA) is 68.2 Å². The second-order valence-electron chi connectivity index (χ2n) is 9.41. The summed E-state index contributed by atoms with van der Waals surface area (Å²) in [5.74, 6) is -0.650. The van der Waals surface area contributed by atoms with Crippen LogP contribution in [0.5, 0.6) is 5.75 Å². The molecule has 2 aromatic carbocycles. The van der Waals surface area contributed by atoms with Crippen molar-refractivity contribution in [3.05, 3.63) is 66.0 Å². The lowest BCUT2D eigenvalue weighted by molar-refractivity contribution is -0.0734. The minimum Gasteiger partial charge on any atom is -0.486 e. The summed E-state index contributed by atoms with van der Waals surface area (Å²) in [4.78, 5) is 2.52. The van der Waals surface area contributed by atoms with Gasteiger partial charge in [-0.15, -0.1) is 0 Å². The Morgan fingerprint density at radius 1 is 1.06 bits per heavy atom. The monoisotopic (exact) mass is 479 g/mol. The number of nitrogens with one attached hydrogen (secondary N) is 1. The summed E-state index contributed by atoms with van der Waals surface area (Å²) in [6.07, 6.45) is 5.53. The van der Waals surface area contributed by atoms with Crippen LogP contribution in [0.1, 0.15) is 37.5 Å². The van der Waals surface area contributed by atoms with E-state index < -0.39 is 17.7 Å². The van der Waals surface area contributed by atoms with Gasteiger partial charge in [-0.1, -0.05) is 0 Å². The maximum atomic E-state index is 13.6. The third kappa shape index (κ3) is 4.41. The summed E-state index contributed by atoms with van der Waals surface area (Å²) in [6, 6.07) is 9.99. The van der Waals surface area contributed by atoms with Crippen molar-refractivity contribution in [2.75, 3.05) is 26.3 Å². The van der Waals surface area contributed by atoms with Crippen molar-refractivity contribution in [1.82, 2.24) is 24.9 Å². The Hall–Kier alpha value is -3.30. The second-order valence-corrected chi connectivity index (χ2v) is 9.41. The fourth-order valence-corrected chi connectivity index (χ4v) is 4.98. The van der Waals surface area contributed by atoms with Crippen LogP contribution >= 0.6 is 0 Å². The smallest absolute Gasteiger partial charge is 0.126 e. The van der Waals surface area contributed by atoms with E-state index in [1.165, 1.54) is 12.1 Å². The molecule has 4 aromatic rings. The molecule has 0 saturated carbocycles. The SMILES string of the molecule is CC(Oc1ccc2[nH]nc(-c3cnn(C4CCN(C5COC5)CC4)c3)c2c1)c1cc(F)cc(F)c1. The first-order valence-electron chi connectivity index (χ1n) is 12.0. The fraction of sp³-hybridized carbons (Fsp3) is 0.385. The van der Waals surface area contributed by atoms with Gasteiger partial charge in [0.05, 0.1) is 37.0 Å². The predicted octanol–water partition coefficient (Wildman–Crippen LogP) is 4.88. The van der Waals surface area contributed by atoms with Crippen molar-refractivity contribution in [1.29, 1.82) is 0 Å². The van der Waals surface area contributed by atoms with E-state index in [0.717, 1.165) is 67.4 Å². The molecule has 2 fully saturated rings. The van der Waals surface area contributed by atoms with Crippen molar-refractivity contribution < 1.29 is 18.3 Å². The van der Waals surface area contributed by atoms with Crippen molar-refractivity contribution in [2.24, 2.45) is 0 Å². The number of ether oxygens (including phenoxy) is 2. The molecule has 2 saturated heterocycles. The van der Waals surface area contributed by atoms with Crippen LogP contribution in [0.2, 0.25) is 0 Å². The fourth-order valence-electron chi connectivity index (χ4n) is 4.98. The van der Waals surface area contributed by atoms with Crippen LogP contribution in [-0.2, 0) is 4.74 Å². The lowest BCUT2D eigenvalue weighted by atomic mass is 10.0. The lowest BCUT2D eigenvalue weighted by Crippen LogP contribution is -2.51. The zero-order valence-electron chi connectivity index (χ0n) is 19.5. The molecule has 2 aromatic heterocycles. The van der Waals surface area contributed by atoms with Gasteiger partial charge in [0.1, 0.15) is 29.2 Å². The third-order valence-corrected chi connectivity index (χ3v) is 7.09. The highest BCUT2D eigenvalue weighted by Crippen LogP contribution is 2.33. The van der Waals surface area contributed by atoms with Gasteiger partial charge in [0.25, 0.3) is 0 Å². The molecule has 7 nitrogen and oxygen atoms in total. The normalized spacial score (nSPS) is 18.6. The molecule has 0 aliphatic carbocycles. The van der Waals surface area contributed by atoms with E-state index in [1.807, 2.05) is 24.4 Å². The van der Waals surface area contributed by atoms with Gasteiger partial charge in [-0.05, 0) is 55.7 Å². The third-order valence-electron chi connectivity index (χ3n) is 7.09. The molecule has 1 N–H and O–H groups in total. The number of likely N-dealkylation sites (tertiary alicyclic amines) is 1. The van der Waals surface area contributed by atoms with Crippen molar-refractivity contribution in [2.45, 2.75) is 38.0 Å². The van der Waals surface area contributed by atoms with Crippen molar-refractivity contribution in [3.8, 4) is 17.0 Å². The number of hydrogen-bond acceptors (Lipinski definition) is 5. The summed E-state index contributed by atoms with van der Waals surface area (Å²) in [5.41, 5.74) is 3.04. The zero-order valence-corrected chi connectivity index (χ0v) is 19.5. The number of benzene rings is 2. The number of halogens is 2. The summed E-state index contributed by atoms with van der Waals surface area (Å²) in [7, 11) is 0. The Morgan fingerprint density at radius 3 is 2.54 bits per heavy atom. The first kappa shape index (κ1) is 22.2. The van der Waals surface area contributed by atoms with E-state index in [9.17, 15) is 8.78 Å². The second kappa shape index (κ2) is 9.05. The van der Waals surface area contributed by atoms with E-state index >= 15 is 0 Å². The summed E-state index contributed by atoms with van der Waals surface area (Å²) in [5, 5.41) is 13.2. The quantitative estimate of drug-likeness (QED) is 0.427. The molecular formula is C26H27F2N5O2. The van der Waals surface area contributed by atoms with Gasteiger partial charge in [-0.3, -0.25) is 14.7 Å². The van der Waals surface area contributed by atoms with Gasteiger partial charge in [0.15, 0.2) is 0 Å². The Labute approximate surface area is 201 Å². The first-order valence-corrected chi connectivity index (χ1v) is 12.0. The molecular weight excluding hydrogens is 452 g/mol. The number of fused-ring (bicyclic) bond motifs is 1. The number of aromatic amines is 1. The molecule has 182 valence electrons. The van der Waals surface area contributed by atoms with Gasteiger partial charge in [-0.25, -0.2) is 8.78 Å². The van der Waals surface area contributed by atoms with Crippen LogP contribution in [0.15, 0.2) is 48.8 Å². The van der Waals surface area contributed by atoms with Gasteiger partial charge in [0.2, 0.25) is 0 Å². The Morgan fingerprint density at radius 2 is 1.83 bits per heavy atom. The number of nitrogens with zero attached hydrogens (tertiary/aromatic N) is 4. The molecule has 4 heterocycles. The van der Waals surface area contributed by atoms with Crippen LogP contribution in [0.4, 0.5) is 8.78 Å². The van der Waals surface area contributed by atoms with Gasteiger partial charge in [0, 0.05) is 36.3 Å². The largest absolute Gasteiger partial charge is 0.486 e. The van der Waals surface area contributed by atoms with Crippen LogP contribution in [-0.4, -0.2) is 57.2 Å². The standard InChI is InChI=1S/C26H27F2N5O2/c1-16(17-8-19(27)10-20(28)9-17)35-23-2-3-25-24(11-23)26(31-30-25)18-12-29-33(13-18)21-4-6-32(7-5-21)22-14-34-15-22/h2-3,8-13,16,21-22H,4-7,14-15H2,1H3,(H,30,31). The predicted molar refractivity (Wildman–Crippen MR) is 127 cm³/mol. The zero-order chi connectivity index (χ0) is 23.9. The Balaban J connectivity index is 1.19. The van der Waals surface area contributed by atoms with Gasteiger partial charge < -0.3 is 9.47 Å². The van der Waals surface area contributed by atoms with E-state index in [1.54, 1.807) is 6.92 Å². The van der Waals surface area contributed by atoms with Crippen LogP contribution in [0.25, 0.3) is 22.2 Å². The van der Waals surface area contributed by atoms with Crippen LogP contribution in [0, 0.1) is 11.6 Å². The van der Waals surface area contributed by atoms with Crippen LogP contribution < -0.4 is 4.74 Å². The Kier molecular flexibility index (Phi) is 5.74. The van der Waals surface area contributed by atoms with E-state index in [-0.39, 0.29) is 0 Å². The molecule has 35 heavy (non-hydrogen) atoms. The highest BCUT2D eigenvalue weighted by atomic mass is 19.1. The molecule has 2 aliphatic rings. The van der Waals surface area contributed by atoms with Crippen molar-refractivity contribution in [3.63, 3.8) is 0 Å². The number of rotatable bonds is 6. The number of piperidine rings is 1. The van der Waals surface area contributed by atoms with Crippen LogP contribution in [0.3, 0.4) is 0 Å². The van der Waals surface area contributed by atoms with Gasteiger partial charge in [-0.2, -0.15) is 10.2 Å². The number of H-pyrrole nitrogens is 1. The minimum atomic E-state index is -0.622. The molecule has 1 unspecified atom stereocenters. The number of hydrogen-bond donors (Lipinski definition) is 1. The van der Waals surface area contributed by atoms with E-state index in [4.69, 9.17) is 9.47 Å². The Bertz CT molecular complexity index is 1320. The molecule has 0 radical (unpaired) electrons. The summed E-state index contributed by atoms with van der Waals surface area (Å²) < 4.78 is 40.6. The molecule has 6 rings (SSSR count). The average molecular weight is 480 g/mol. The summed E-state index contributed by atoms with van der Waals surface area (Å²) in [6.45, 7) is 5.60. The average Bonchev–Trinajstić information content (AvgIpc) is 3.45. The van der Waals surface area contributed by atoms with Gasteiger partial charge >= 0.3 is 0 Å². The lowest BCUT2D eigenvalue weighted by Gasteiger charge is -2.41. The first-order chi connectivity index (χ1) is 17.0. The maximum Gasteiger partial charge on any atom is 0.126 e. The molecule has 0 amide bonds. The van der Waals surface area contributed by atoms with Crippen molar-refractivity contribution >= 4 is 10.9 Å². The minimum absolute atomic E-state index is 0.373.